The molecule has 0 saturated heterocycles. The van der Waals surface area contributed by atoms with E-state index in [0.717, 1.165) is 11.1 Å². The van der Waals surface area contributed by atoms with E-state index in [9.17, 15) is 5.11 Å². The fourth-order valence-corrected chi connectivity index (χ4v) is 1.75. The van der Waals surface area contributed by atoms with Crippen LogP contribution >= 0.6 is 11.6 Å². The average molecular weight is 237 g/mol. The molecule has 0 aliphatic carbocycles. The van der Waals surface area contributed by atoms with Crippen molar-refractivity contribution in [3.05, 3.63) is 52.6 Å². The molecule has 0 spiro atoms. The van der Waals surface area contributed by atoms with Gasteiger partial charge in [-0.3, -0.25) is 0 Å². The van der Waals surface area contributed by atoms with Gasteiger partial charge in [0.1, 0.15) is 11.9 Å². The number of imidazole rings is 1. The SMILES string of the molecule is Cc1cc(C(O)c2nccn2C)ccc1Cl. The molecule has 3 nitrogen and oxygen atoms in total. The molecule has 0 bridgehead atoms. The number of rotatable bonds is 2. The van der Waals surface area contributed by atoms with Gasteiger partial charge in [0.25, 0.3) is 0 Å². The van der Waals surface area contributed by atoms with Gasteiger partial charge in [-0.2, -0.15) is 0 Å². The normalized spacial score (nSPS) is 12.8. The minimum absolute atomic E-state index is 0.627. The van der Waals surface area contributed by atoms with Gasteiger partial charge in [-0.05, 0) is 24.1 Å². The first-order chi connectivity index (χ1) is 7.59. The van der Waals surface area contributed by atoms with Crippen LogP contribution in [0.3, 0.4) is 0 Å². The Kier molecular flexibility index (Phi) is 2.99. The van der Waals surface area contributed by atoms with Crippen LogP contribution < -0.4 is 0 Å². The second kappa shape index (κ2) is 4.28. The summed E-state index contributed by atoms with van der Waals surface area (Å²) >= 11 is 5.94. The number of aryl methyl sites for hydroxylation is 2. The van der Waals surface area contributed by atoms with E-state index in [1.165, 1.54) is 0 Å². The zero-order chi connectivity index (χ0) is 11.7. The van der Waals surface area contributed by atoms with E-state index in [1.54, 1.807) is 23.0 Å². The highest BCUT2D eigenvalue weighted by atomic mass is 35.5. The average Bonchev–Trinajstić information content (AvgIpc) is 2.67. The van der Waals surface area contributed by atoms with Gasteiger partial charge in [-0.25, -0.2) is 4.98 Å². The summed E-state index contributed by atoms with van der Waals surface area (Å²) in [5.41, 5.74) is 1.75. The van der Waals surface area contributed by atoms with E-state index in [1.807, 2.05) is 26.1 Å². The summed E-state index contributed by atoms with van der Waals surface area (Å²) in [5.74, 6) is 0.627. The number of halogens is 1. The Morgan fingerprint density at radius 3 is 2.75 bits per heavy atom. The van der Waals surface area contributed by atoms with E-state index >= 15 is 0 Å². The second-order valence-corrected chi connectivity index (χ2v) is 4.21. The maximum Gasteiger partial charge on any atom is 0.142 e. The number of nitrogens with zero attached hydrogens (tertiary/aromatic N) is 2. The van der Waals surface area contributed by atoms with Crippen molar-refractivity contribution in [2.45, 2.75) is 13.0 Å². The van der Waals surface area contributed by atoms with Gasteiger partial charge in [-0.15, -0.1) is 0 Å². The summed E-state index contributed by atoms with van der Waals surface area (Å²) in [5, 5.41) is 10.9. The van der Waals surface area contributed by atoms with Crippen molar-refractivity contribution < 1.29 is 5.11 Å². The van der Waals surface area contributed by atoms with Gasteiger partial charge in [0.2, 0.25) is 0 Å². The maximum atomic E-state index is 10.2. The lowest BCUT2D eigenvalue weighted by atomic mass is 10.1. The number of hydrogen-bond acceptors (Lipinski definition) is 2. The molecule has 1 aromatic heterocycles. The molecule has 1 heterocycles. The van der Waals surface area contributed by atoms with Crippen molar-refractivity contribution in [1.82, 2.24) is 9.55 Å². The van der Waals surface area contributed by atoms with Gasteiger partial charge in [-0.1, -0.05) is 23.7 Å². The van der Waals surface area contributed by atoms with Crippen LogP contribution in [0.15, 0.2) is 30.6 Å². The molecule has 1 N–H and O–H groups in total. The molecular weight excluding hydrogens is 224 g/mol. The molecule has 0 radical (unpaired) electrons. The molecule has 0 aliphatic heterocycles. The van der Waals surface area contributed by atoms with Gasteiger partial charge in [0.05, 0.1) is 0 Å². The number of aliphatic hydroxyl groups excluding tert-OH is 1. The zero-order valence-corrected chi connectivity index (χ0v) is 9.94. The number of aliphatic hydroxyl groups is 1. The van der Waals surface area contributed by atoms with E-state index in [-0.39, 0.29) is 0 Å². The van der Waals surface area contributed by atoms with Crippen molar-refractivity contribution in [1.29, 1.82) is 0 Å². The topological polar surface area (TPSA) is 38.1 Å². The molecule has 84 valence electrons. The summed E-state index contributed by atoms with van der Waals surface area (Å²) in [6.07, 6.45) is 2.76. The summed E-state index contributed by atoms with van der Waals surface area (Å²) in [4.78, 5) is 4.12. The predicted molar refractivity (Wildman–Crippen MR) is 63.5 cm³/mol. The van der Waals surface area contributed by atoms with Crippen LogP contribution in [0.2, 0.25) is 5.02 Å². The van der Waals surface area contributed by atoms with Crippen LogP contribution in [-0.4, -0.2) is 14.7 Å². The number of benzene rings is 1. The minimum Gasteiger partial charge on any atom is -0.380 e. The van der Waals surface area contributed by atoms with Gasteiger partial charge in [0.15, 0.2) is 0 Å². The molecule has 0 fully saturated rings. The Labute approximate surface area is 99.3 Å². The smallest absolute Gasteiger partial charge is 0.142 e. The van der Waals surface area contributed by atoms with Crippen LogP contribution in [-0.2, 0) is 7.05 Å². The lowest BCUT2D eigenvalue weighted by Gasteiger charge is -2.12. The highest BCUT2D eigenvalue weighted by molar-refractivity contribution is 6.31. The van der Waals surface area contributed by atoms with Crippen molar-refractivity contribution in [3.63, 3.8) is 0 Å². The summed E-state index contributed by atoms with van der Waals surface area (Å²) in [6.45, 7) is 1.91. The second-order valence-electron chi connectivity index (χ2n) is 3.81. The van der Waals surface area contributed by atoms with Crippen molar-refractivity contribution in [2.75, 3.05) is 0 Å². The molecule has 1 unspecified atom stereocenters. The Hall–Kier alpha value is -1.32. The summed E-state index contributed by atoms with van der Waals surface area (Å²) in [6, 6.07) is 5.48. The summed E-state index contributed by atoms with van der Waals surface area (Å²) < 4.78 is 1.80. The van der Waals surface area contributed by atoms with E-state index in [2.05, 4.69) is 4.98 Å². The lowest BCUT2D eigenvalue weighted by Crippen LogP contribution is -2.07. The van der Waals surface area contributed by atoms with Crippen molar-refractivity contribution in [2.24, 2.45) is 7.05 Å². The van der Waals surface area contributed by atoms with Crippen LogP contribution in [0.25, 0.3) is 0 Å². The van der Waals surface area contributed by atoms with E-state index in [0.29, 0.717) is 10.8 Å². The first kappa shape index (κ1) is 11.2. The van der Waals surface area contributed by atoms with Gasteiger partial charge >= 0.3 is 0 Å². The third-order valence-electron chi connectivity index (χ3n) is 2.60. The Morgan fingerprint density at radius 1 is 1.44 bits per heavy atom. The van der Waals surface area contributed by atoms with Crippen molar-refractivity contribution >= 4 is 11.6 Å². The molecule has 0 aliphatic rings. The number of hydrogen-bond donors (Lipinski definition) is 1. The first-order valence-electron chi connectivity index (χ1n) is 5.01. The minimum atomic E-state index is -0.712. The Balaban J connectivity index is 2.38. The van der Waals surface area contributed by atoms with Crippen LogP contribution in [0.4, 0.5) is 0 Å². The quantitative estimate of drug-likeness (QED) is 0.870. The van der Waals surface area contributed by atoms with Gasteiger partial charge in [0, 0.05) is 24.5 Å². The van der Waals surface area contributed by atoms with Crippen LogP contribution in [0, 0.1) is 6.92 Å². The highest BCUT2D eigenvalue weighted by Crippen LogP contribution is 2.24. The molecular formula is C12H13ClN2O. The number of aromatic nitrogens is 2. The zero-order valence-electron chi connectivity index (χ0n) is 9.18. The lowest BCUT2D eigenvalue weighted by molar-refractivity contribution is 0.206. The van der Waals surface area contributed by atoms with Gasteiger partial charge < -0.3 is 9.67 Å². The fourth-order valence-electron chi connectivity index (χ4n) is 1.63. The largest absolute Gasteiger partial charge is 0.380 e. The third-order valence-corrected chi connectivity index (χ3v) is 3.02. The van der Waals surface area contributed by atoms with E-state index in [4.69, 9.17) is 11.6 Å². The molecule has 2 aromatic rings. The Morgan fingerprint density at radius 2 is 2.19 bits per heavy atom. The standard InChI is InChI=1S/C12H13ClN2O/c1-8-7-9(3-4-10(8)13)11(16)12-14-5-6-15(12)2/h3-7,11,16H,1-2H3. The van der Waals surface area contributed by atoms with Crippen molar-refractivity contribution in [3.8, 4) is 0 Å². The van der Waals surface area contributed by atoms with E-state index < -0.39 is 6.10 Å². The Bertz CT molecular complexity index is 507. The molecule has 1 atom stereocenters. The molecule has 0 saturated carbocycles. The molecule has 16 heavy (non-hydrogen) atoms. The molecule has 4 heteroatoms. The summed E-state index contributed by atoms with van der Waals surface area (Å²) in [7, 11) is 1.86. The molecule has 1 aromatic carbocycles. The third kappa shape index (κ3) is 1.96. The monoisotopic (exact) mass is 236 g/mol. The van der Waals surface area contributed by atoms with Crippen LogP contribution in [0.5, 0.6) is 0 Å². The fraction of sp³-hybridized carbons (Fsp3) is 0.250. The molecule has 0 amide bonds. The maximum absolute atomic E-state index is 10.2. The molecule has 2 rings (SSSR count). The highest BCUT2D eigenvalue weighted by Gasteiger charge is 2.15. The first-order valence-corrected chi connectivity index (χ1v) is 5.38. The van der Waals surface area contributed by atoms with Crippen LogP contribution in [0.1, 0.15) is 23.1 Å². The predicted octanol–water partition coefficient (Wildman–Crippen LogP) is 2.46.